The minimum absolute atomic E-state index is 0.183. The summed E-state index contributed by atoms with van der Waals surface area (Å²) in [7, 11) is 0. The zero-order chi connectivity index (χ0) is 14.2. The molecule has 0 saturated carbocycles. The van der Waals surface area contributed by atoms with E-state index < -0.39 is 0 Å². The Balaban J connectivity index is 2.40. The second-order valence-corrected chi connectivity index (χ2v) is 4.11. The number of nitrogens with zero attached hydrogens (tertiary/aromatic N) is 1. The average Bonchev–Trinajstić information content (AvgIpc) is 2.50. The van der Waals surface area contributed by atoms with E-state index in [2.05, 4.69) is 4.99 Å². The van der Waals surface area contributed by atoms with Crippen molar-refractivity contribution >= 4 is 5.71 Å². The van der Waals surface area contributed by atoms with Crippen LogP contribution in [0.25, 0.3) is 0 Å². The summed E-state index contributed by atoms with van der Waals surface area (Å²) in [6.45, 7) is 2.22. The lowest BCUT2D eigenvalue weighted by molar-refractivity contribution is 0.101. The molecule has 0 radical (unpaired) electrons. The SMILES string of the molecule is CCOC(O)=CN=C(c1ccccc1)c1ccccc1. The van der Waals surface area contributed by atoms with E-state index in [1.807, 2.05) is 67.6 Å². The first kappa shape index (κ1) is 13.9. The molecule has 0 fully saturated rings. The molecule has 0 saturated heterocycles. The predicted molar refractivity (Wildman–Crippen MR) is 80.9 cm³/mol. The van der Waals surface area contributed by atoms with Gasteiger partial charge >= 0.3 is 0 Å². The van der Waals surface area contributed by atoms with Crippen LogP contribution in [0.4, 0.5) is 0 Å². The van der Waals surface area contributed by atoms with Crippen molar-refractivity contribution in [2.45, 2.75) is 6.92 Å². The van der Waals surface area contributed by atoms with Crippen molar-refractivity contribution in [3.63, 3.8) is 0 Å². The highest BCUT2D eigenvalue weighted by atomic mass is 16.6. The number of aliphatic imine (C=N–C) groups is 1. The molecule has 0 aromatic heterocycles. The van der Waals surface area contributed by atoms with Crippen LogP contribution in [0.2, 0.25) is 0 Å². The first-order chi connectivity index (χ1) is 9.81. The van der Waals surface area contributed by atoms with Gasteiger partial charge in [-0.1, -0.05) is 60.7 Å². The Kier molecular flexibility index (Phi) is 4.95. The number of aliphatic hydroxyl groups is 1. The molecule has 2 aromatic carbocycles. The van der Waals surface area contributed by atoms with Crippen molar-refractivity contribution in [2.75, 3.05) is 6.61 Å². The van der Waals surface area contributed by atoms with Crippen LogP contribution in [0, 0.1) is 0 Å². The van der Waals surface area contributed by atoms with E-state index in [1.165, 1.54) is 6.20 Å². The third kappa shape index (κ3) is 3.72. The number of rotatable bonds is 5. The van der Waals surface area contributed by atoms with Gasteiger partial charge < -0.3 is 9.84 Å². The van der Waals surface area contributed by atoms with Gasteiger partial charge in [-0.05, 0) is 6.92 Å². The van der Waals surface area contributed by atoms with Crippen LogP contribution in [0.1, 0.15) is 18.1 Å². The van der Waals surface area contributed by atoms with Gasteiger partial charge in [0.05, 0.1) is 12.3 Å². The summed E-state index contributed by atoms with van der Waals surface area (Å²) in [4.78, 5) is 4.36. The predicted octanol–water partition coefficient (Wildman–Crippen LogP) is 3.92. The molecule has 20 heavy (non-hydrogen) atoms. The molecule has 0 aliphatic rings. The number of hydrogen-bond donors (Lipinski definition) is 1. The first-order valence-electron chi connectivity index (χ1n) is 6.52. The van der Waals surface area contributed by atoms with E-state index >= 15 is 0 Å². The van der Waals surface area contributed by atoms with Crippen molar-refractivity contribution in [1.29, 1.82) is 0 Å². The fraction of sp³-hybridized carbons (Fsp3) is 0.118. The van der Waals surface area contributed by atoms with Gasteiger partial charge in [0.1, 0.15) is 6.20 Å². The van der Waals surface area contributed by atoms with Crippen molar-refractivity contribution in [1.82, 2.24) is 0 Å². The monoisotopic (exact) mass is 267 g/mol. The van der Waals surface area contributed by atoms with E-state index in [-0.39, 0.29) is 5.95 Å². The number of ether oxygens (including phenoxy) is 1. The van der Waals surface area contributed by atoms with Gasteiger partial charge in [-0.25, -0.2) is 4.99 Å². The average molecular weight is 267 g/mol. The van der Waals surface area contributed by atoms with Crippen LogP contribution in [-0.4, -0.2) is 17.4 Å². The van der Waals surface area contributed by atoms with E-state index in [0.29, 0.717) is 6.61 Å². The Hall–Kier alpha value is -2.55. The Morgan fingerprint density at radius 2 is 1.50 bits per heavy atom. The Bertz CT molecular complexity index is 547. The van der Waals surface area contributed by atoms with Crippen molar-refractivity contribution < 1.29 is 9.84 Å². The fourth-order valence-electron chi connectivity index (χ4n) is 1.81. The summed E-state index contributed by atoms with van der Waals surface area (Å²) in [5, 5.41) is 9.52. The molecule has 3 heteroatoms. The highest BCUT2D eigenvalue weighted by molar-refractivity contribution is 6.13. The fourth-order valence-corrected chi connectivity index (χ4v) is 1.81. The van der Waals surface area contributed by atoms with Crippen molar-refractivity contribution in [3.05, 3.63) is 83.9 Å². The van der Waals surface area contributed by atoms with Gasteiger partial charge in [0, 0.05) is 11.1 Å². The topological polar surface area (TPSA) is 41.8 Å². The Morgan fingerprint density at radius 1 is 1.00 bits per heavy atom. The molecule has 0 aliphatic heterocycles. The molecule has 0 amide bonds. The third-order valence-corrected chi connectivity index (χ3v) is 2.69. The lowest BCUT2D eigenvalue weighted by Crippen LogP contribution is -2.02. The molecule has 0 spiro atoms. The second-order valence-electron chi connectivity index (χ2n) is 4.11. The quantitative estimate of drug-likeness (QED) is 0.659. The van der Waals surface area contributed by atoms with E-state index in [1.54, 1.807) is 0 Å². The largest absolute Gasteiger partial charge is 0.480 e. The number of aliphatic hydroxyl groups excluding tert-OH is 1. The molecular formula is C17H17NO2. The molecule has 102 valence electrons. The zero-order valence-corrected chi connectivity index (χ0v) is 11.4. The maximum atomic E-state index is 9.52. The maximum absolute atomic E-state index is 9.52. The van der Waals surface area contributed by atoms with E-state index in [9.17, 15) is 5.11 Å². The van der Waals surface area contributed by atoms with E-state index in [4.69, 9.17) is 4.74 Å². The Labute approximate surface area is 118 Å². The van der Waals surface area contributed by atoms with Crippen LogP contribution >= 0.6 is 0 Å². The second kappa shape index (κ2) is 7.14. The minimum Gasteiger partial charge on any atom is -0.480 e. The van der Waals surface area contributed by atoms with Crippen molar-refractivity contribution in [2.24, 2.45) is 4.99 Å². The van der Waals surface area contributed by atoms with Gasteiger partial charge in [0.15, 0.2) is 0 Å². The third-order valence-electron chi connectivity index (χ3n) is 2.69. The van der Waals surface area contributed by atoms with Crippen LogP contribution < -0.4 is 0 Å². The molecule has 0 heterocycles. The summed E-state index contributed by atoms with van der Waals surface area (Å²) < 4.78 is 4.97. The highest BCUT2D eigenvalue weighted by Crippen LogP contribution is 2.11. The molecule has 0 unspecified atom stereocenters. The summed E-state index contributed by atoms with van der Waals surface area (Å²) >= 11 is 0. The Morgan fingerprint density at radius 3 is 1.95 bits per heavy atom. The zero-order valence-electron chi connectivity index (χ0n) is 11.4. The van der Waals surface area contributed by atoms with E-state index in [0.717, 1.165) is 16.8 Å². The summed E-state index contributed by atoms with van der Waals surface area (Å²) in [6.07, 6.45) is 1.33. The molecule has 3 nitrogen and oxygen atoms in total. The molecule has 0 bridgehead atoms. The summed E-state index contributed by atoms with van der Waals surface area (Å²) in [5.74, 6) is -0.183. The molecule has 2 aromatic rings. The van der Waals surface area contributed by atoms with Crippen LogP contribution in [0.15, 0.2) is 77.8 Å². The first-order valence-corrected chi connectivity index (χ1v) is 6.52. The highest BCUT2D eigenvalue weighted by Gasteiger charge is 2.05. The lowest BCUT2D eigenvalue weighted by atomic mass is 10.0. The smallest absolute Gasteiger partial charge is 0.295 e. The molecule has 1 N–H and O–H groups in total. The standard InChI is InChI=1S/C17H17NO2/c1-2-20-16(19)13-18-17(14-9-5-3-6-10-14)15-11-7-4-8-12-15/h3-13,19H,2H2,1H3. The van der Waals surface area contributed by atoms with Gasteiger partial charge in [-0.3, -0.25) is 0 Å². The van der Waals surface area contributed by atoms with Gasteiger partial charge in [0.25, 0.3) is 5.95 Å². The van der Waals surface area contributed by atoms with Gasteiger partial charge in [-0.2, -0.15) is 0 Å². The summed E-state index contributed by atoms with van der Waals surface area (Å²) in [5.41, 5.74) is 2.76. The molecular weight excluding hydrogens is 250 g/mol. The maximum Gasteiger partial charge on any atom is 0.295 e. The van der Waals surface area contributed by atoms with Gasteiger partial charge in [-0.15, -0.1) is 0 Å². The minimum atomic E-state index is -0.183. The summed E-state index contributed by atoms with van der Waals surface area (Å²) in [6, 6.07) is 19.7. The van der Waals surface area contributed by atoms with Gasteiger partial charge in [0.2, 0.25) is 0 Å². The van der Waals surface area contributed by atoms with Crippen LogP contribution in [0.5, 0.6) is 0 Å². The van der Waals surface area contributed by atoms with Crippen LogP contribution in [0.3, 0.4) is 0 Å². The normalized spacial score (nSPS) is 10.9. The molecule has 2 rings (SSSR count). The molecule has 0 atom stereocenters. The number of hydrogen-bond acceptors (Lipinski definition) is 3. The molecule has 0 aliphatic carbocycles. The number of benzene rings is 2. The van der Waals surface area contributed by atoms with Crippen LogP contribution in [-0.2, 0) is 4.74 Å². The van der Waals surface area contributed by atoms with Crippen molar-refractivity contribution in [3.8, 4) is 0 Å². The lowest BCUT2D eigenvalue weighted by Gasteiger charge is -2.06.